The van der Waals surface area contributed by atoms with E-state index in [4.69, 9.17) is 28.2 Å². The molecule has 0 aliphatic carbocycles. The van der Waals surface area contributed by atoms with Gasteiger partial charge >= 0.3 is 0 Å². The quantitative estimate of drug-likeness (QED) is 0.252. The van der Waals surface area contributed by atoms with Crippen molar-refractivity contribution >= 4 is 53.1 Å². The number of aryl methyl sites for hydroxylation is 1. The number of benzene rings is 2. The van der Waals surface area contributed by atoms with E-state index in [0.29, 0.717) is 29.1 Å². The number of hydrogen-bond donors (Lipinski definition) is 2. The number of nitrogens with zero attached hydrogens (tertiary/aromatic N) is 4. The fourth-order valence-electron chi connectivity index (χ4n) is 2.74. The van der Waals surface area contributed by atoms with Crippen molar-refractivity contribution in [1.29, 1.82) is 0 Å². The lowest BCUT2D eigenvalue weighted by Gasteiger charge is -2.19. The summed E-state index contributed by atoms with van der Waals surface area (Å²) in [5.41, 5.74) is 2.15. The van der Waals surface area contributed by atoms with Crippen LogP contribution in [0.4, 0.5) is 0 Å². The number of aliphatic imine (C=N–C) groups is 1. The third-order valence-corrected chi connectivity index (χ3v) is 5.40. The highest BCUT2D eigenvalue weighted by atomic mass is 127. The zero-order valence-corrected chi connectivity index (χ0v) is 20.9. The minimum atomic E-state index is -0.0203. The van der Waals surface area contributed by atoms with Gasteiger partial charge in [-0.2, -0.15) is 0 Å². The van der Waals surface area contributed by atoms with E-state index in [1.165, 1.54) is 0 Å². The summed E-state index contributed by atoms with van der Waals surface area (Å²) < 4.78 is 1.95. The van der Waals surface area contributed by atoms with Gasteiger partial charge in [0, 0.05) is 7.05 Å². The van der Waals surface area contributed by atoms with Gasteiger partial charge < -0.3 is 15.2 Å². The molecule has 0 radical (unpaired) electrons. The van der Waals surface area contributed by atoms with Gasteiger partial charge in [0.2, 0.25) is 0 Å². The monoisotopic (exact) mass is 558 g/mol. The first-order valence-corrected chi connectivity index (χ1v) is 10.1. The molecule has 0 aliphatic heterocycles. The third kappa shape index (κ3) is 6.58. The first-order valence-electron chi connectivity index (χ1n) is 9.32. The Labute approximate surface area is 204 Å². The molecule has 0 saturated heterocycles. The van der Waals surface area contributed by atoms with Crippen molar-refractivity contribution in [2.75, 3.05) is 0 Å². The van der Waals surface area contributed by atoms with Crippen LogP contribution < -0.4 is 10.6 Å². The zero-order valence-electron chi connectivity index (χ0n) is 17.1. The average Bonchev–Trinajstić information content (AvgIpc) is 3.04. The Morgan fingerprint density at radius 3 is 2.47 bits per heavy atom. The van der Waals surface area contributed by atoms with Gasteiger partial charge in [0.1, 0.15) is 5.82 Å². The van der Waals surface area contributed by atoms with Gasteiger partial charge in [-0.25, -0.2) is 4.99 Å². The lowest BCUT2D eigenvalue weighted by Crippen LogP contribution is -2.39. The number of aromatic nitrogens is 3. The second-order valence-corrected chi connectivity index (χ2v) is 7.58. The molecular formula is C21H25Cl2IN6. The van der Waals surface area contributed by atoms with Crippen LogP contribution in [0.3, 0.4) is 0 Å². The molecular weight excluding hydrogens is 534 g/mol. The van der Waals surface area contributed by atoms with Gasteiger partial charge in [-0.05, 0) is 37.1 Å². The Kier molecular flexibility index (Phi) is 9.38. The van der Waals surface area contributed by atoms with Gasteiger partial charge in [0.25, 0.3) is 0 Å². The molecule has 6 nitrogen and oxygen atoms in total. The fraction of sp³-hybridized carbons (Fsp3) is 0.286. The van der Waals surface area contributed by atoms with Crippen LogP contribution in [0, 0.1) is 6.92 Å². The smallest absolute Gasteiger partial charge is 0.192 e. The molecule has 3 rings (SSSR count). The summed E-state index contributed by atoms with van der Waals surface area (Å²) >= 11 is 12.2. The van der Waals surface area contributed by atoms with Crippen molar-refractivity contribution in [3.05, 3.63) is 81.4 Å². The molecule has 0 spiro atoms. The lowest BCUT2D eigenvalue weighted by atomic mass is 10.1. The van der Waals surface area contributed by atoms with Crippen LogP contribution in [0.2, 0.25) is 10.0 Å². The first-order chi connectivity index (χ1) is 13.9. The van der Waals surface area contributed by atoms with E-state index in [1.807, 2.05) is 55.8 Å². The second-order valence-electron chi connectivity index (χ2n) is 6.77. The van der Waals surface area contributed by atoms with E-state index in [2.05, 4.69) is 33.0 Å². The Morgan fingerprint density at radius 1 is 1.10 bits per heavy atom. The Balaban J connectivity index is 0.00000320. The summed E-state index contributed by atoms with van der Waals surface area (Å²) in [6.07, 6.45) is 0. The number of rotatable bonds is 6. The molecule has 30 heavy (non-hydrogen) atoms. The van der Waals surface area contributed by atoms with E-state index in [-0.39, 0.29) is 30.0 Å². The molecule has 0 aliphatic rings. The van der Waals surface area contributed by atoms with Gasteiger partial charge in [-0.1, -0.05) is 59.6 Å². The fourth-order valence-corrected chi connectivity index (χ4v) is 3.05. The molecule has 1 unspecified atom stereocenters. The largest absolute Gasteiger partial charge is 0.350 e. The van der Waals surface area contributed by atoms with Crippen LogP contribution in [0.15, 0.2) is 53.5 Å². The SMILES string of the molecule is Cc1nnc(CNC(=NCc2ccccc2)NC(C)c2ccc(Cl)c(Cl)c2)n1C.I. The third-order valence-electron chi connectivity index (χ3n) is 4.66. The molecule has 2 N–H and O–H groups in total. The Morgan fingerprint density at radius 2 is 1.83 bits per heavy atom. The highest BCUT2D eigenvalue weighted by Crippen LogP contribution is 2.25. The average molecular weight is 559 g/mol. The maximum atomic E-state index is 6.17. The van der Waals surface area contributed by atoms with Crippen molar-refractivity contribution < 1.29 is 0 Å². The molecule has 9 heteroatoms. The summed E-state index contributed by atoms with van der Waals surface area (Å²) in [6, 6.07) is 15.7. The van der Waals surface area contributed by atoms with Gasteiger partial charge in [-0.15, -0.1) is 34.2 Å². The molecule has 0 amide bonds. The van der Waals surface area contributed by atoms with E-state index < -0.39 is 0 Å². The molecule has 2 aromatic carbocycles. The summed E-state index contributed by atoms with van der Waals surface area (Å²) in [4.78, 5) is 4.73. The van der Waals surface area contributed by atoms with Gasteiger partial charge in [0.05, 0.1) is 29.2 Å². The van der Waals surface area contributed by atoms with Crippen LogP contribution in [0.1, 0.15) is 35.7 Å². The first kappa shape index (κ1) is 24.4. The van der Waals surface area contributed by atoms with Gasteiger partial charge in [-0.3, -0.25) is 0 Å². The van der Waals surface area contributed by atoms with Crippen molar-refractivity contribution in [2.24, 2.45) is 12.0 Å². The van der Waals surface area contributed by atoms with Crippen LogP contribution in [-0.2, 0) is 20.1 Å². The summed E-state index contributed by atoms with van der Waals surface area (Å²) in [5.74, 6) is 2.37. The molecule has 3 aromatic rings. The van der Waals surface area contributed by atoms with Crippen LogP contribution in [-0.4, -0.2) is 20.7 Å². The Bertz CT molecular complexity index is 990. The van der Waals surface area contributed by atoms with E-state index in [9.17, 15) is 0 Å². The summed E-state index contributed by atoms with van der Waals surface area (Å²) in [6.45, 7) is 5.03. The van der Waals surface area contributed by atoms with E-state index in [0.717, 1.165) is 22.8 Å². The standard InChI is InChI=1S/C21H24Cl2N6.HI/c1-14(17-9-10-18(22)19(23)11-17)26-21(24-12-16-7-5-4-6-8-16)25-13-20-28-27-15(2)29(20)3;/h4-11,14H,12-13H2,1-3H3,(H2,24,25,26);1H. The topological polar surface area (TPSA) is 67.1 Å². The van der Waals surface area contributed by atoms with E-state index in [1.54, 1.807) is 6.07 Å². The number of guanidine groups is 1. The molecule has 160 valence electrons. The van der Waals surface area contributed by atoms with Crippen LogP contribution in [0.5, 0.6) is 0 Å². The molecule has 0 saturated carbocycles. The number of halogens is 3. The highest BCUT2D eigenvalue weighted by Gasteiger charge is 2.12. The van der Waals surface area contributed by atoms with Crippen molar-refractivity contribution in [3.63, 3.8) is 0 Å². The molecule has 0 fully saturated rings. The second kappa shape index (κ2) is 11.5. The molecule has 1 atom stereocenters. The van der Waals surface area contributed by atoms with Crippen molar-refractivity contribution in [3.8, 4) is 0 Å². The molecule has 0 bridgehead atoms. The van der Waals surface area contributed by atoms with Crippen LogP contribution in [0.25, 0.3) is 0 Å². The molecule has 1 heterocycles. The lowest BCUT2D eigenvalue weighted by molar-refractivity contribution is 0.664. The minimum Gasteiger partial charge on any atom is -0.350 e. The van der Waals surface area contributed by atoms with Crippen molar-refractivity contribution in [2.45, 2.75) is 33.0 Å². The Hall–Kier alpha value is -1.84. The molecule has 1 aromatic heterocycles. The van der Waals surface area contributed by atoms with Gasteiger partial charge in [0.15, 0.2) is 11.8 Å². The van der Waals surface area contributed by atoms with E-state index >= 15 is 0 Å². The predicted octanol–water partition coefficient (Wildman–Crippen LogP) is 5.04. The minimum absolute atomic E-state index is 0. The summed E-state index contributed by atoms with van der Waals surface area (Å²) in [5, 5.41) is 16.1. The van der Waals surface area contributed by atoms with Crippen molar-refractivity contribution in [1.82, 2.24) is 25.4 Å². The number of nitrogens with one attached hydrogen (secondary N) is 2. The predicted molar refractivity (Wildman–Crippen MR) is 134 cm³/mol. The van der Waals surface area contributed by atoms with Crippen LogP contribution >= 0.6 is 47.2 Å². The highest BCUT2D eigenvalue weighted by molar-refractivity contribution is 14.0. The number of hydrogen-bond acceptors (Lipinski definition) is 3. The normalized spacial score (nSPS) is 12.2. The maximum absolute atomic E-state index is 6.17. The summed E-state index contributed by atoms with van der Waals surface area (Å²) in [7, 11) is 1.94. The maximum Gasteiger partial charge on any atom is 0.192 e. The zero-order chi connectivity index (χ0) is 20.8.